The van der Waals surface area contributed by atoms with E-state index < -0.39 is 23.2 Å². The fourth-order valence-electron chi connectivity index (χ4n) is 1.19. The van der Waals surface area contributed by atoms with E-state index in [0.29, 0.717) is 5.57 Å². The molecule has 0 spiro atoms. The minimum atomic E-state index is -3.03. The Hall–Kier alpha value is -0.825. The second-order valence-corrected chi connectivity index (χ2v) is 5.84. The summed E-state index contributed by atoms with van der Waals surface area (Å²) < 4.78 is 26.8. The molecule has 1 unspecified atom stereocenters. The monoisotopic (exact) mass is 247 g/mol. The Morgan fingerprint density at radius 3 is 2.69 bits per heavy atom. The molecule has 0 saturated heterocycles. The van der Waals surface area contributed by atoms with Gasteiger partial charge in [0.25, 0.3) is 0 Å². The summed E-state index contributed by atoms with van der Waals surface area (Å²) in [6.45, 7) is 3.86. The first-order chi connectivity index (χ1) is 7.29. The Labute approximate surface area is 94.7 Å². The summed E-state index contributed by atoms with van der Waals surface area (Å²) in [7, 11) is -4.71. The number of nitrogens with one attached hydrogen (secondary N) is 1. The molecule has 0 radical (unpaired) electrons. The zero-order chi connectivity index (χ0) is 12.3. The molecular weight excluding hydrogens is 233 g/mol. The molecule has 16 heavy (non-hydrogen) atoms. The van der Waals surface area contributed by atoms with Crippen LogP contribution < -0.4 is 5.32 Å². The van der Waals surface area contributed by atoms with Gasteiger partial charge in [0.1, 0.15) is 15.5 Å². The zero-order valence-electron chi connectivity index (χ0n) is 8.88. The zero-order valence-corrected chi connectivity index (χ0v) is 9.70. The Bertz CT molecular complexity index is 403. The van der Waals surface area contributed by atoms with Crippen molar-refractivity contribution >= 4 is 17.0 Å². The Kier molecular flexibility index (Phi) is 4.14. The van der Waals surface area contributed by atoms with Crippen molar-refractivity contribution < 1.29 is 23.2 Å². The van der Waals surface area contributed by atoms with Gasteiger partial charge in [-0.1, -0.05) is 6.58 Å². The SMILES string of the molecule is C=C1C=C(B(O)O)OC1NCCS(C)(=O)=O. The third-order valence-corrected chi connectivity index (χ3v) is 2.92. The molecule has 0 fully saturated rings. The summed E-state index contributed by atoms with van der Waals surface area (Å²) in [6.07, 6.45) is 1.95. The lowest BCUT2D eigenvalue weighted by Gasteiger charge is -2.15. The first-order valence-electron chi connectivity index (χ1n) is 4.64. The molecule has 0 aromatic carbocycles. The van der Waals surface area contributed by atoms with Crippen LogP contribution in [0.15, 0.2) is 23.9 Å². The Balaban J connectivity index is 2.40. The summed E-state index contributed by atoms with van der Waals surface area (Å²) in [5, 5.41) is 20.5. The molecule has 1 aliphatic heterocycles. The minimum Gasteiger partial charge on any atom is -0.479 e. The van der Waals surface area contributed by atoms with Gasteiger partial charge in [-0.15, -0.1) is 0 Å². The van der Waals surface area contributed by atoms with E-state index in [0.717, 1.165) is 6.26 Å². The second-order valence-electron chi connectivity index (χ2n) is 3.58. The molecule has 0 amide bonds. The molecular formula is C8H14BNO5S. The van der Waals surface area contributed by atoms with E-state index in [-0.39, 0.29) is 18.0 Å². The van der Waals surface area contributed by atoms with Gasteiger partial charge in [-0.25, -0.2) is 8.42 Å². The van der Waals surface area contributed by atoms with Gasteiger partial charge in [0.15, 0.2) is 6.23 Å². The Morgan fingerprint density at radius 2 is 2.25 bits per heavy atom. The molecule has 0 saturated carbocycles. The van der Waals surface area contributed by atoms with Gasteiger partial charge < -0.3 is 14.8 Å². The maximum Gasteiger partial charge on any atom is 0.525 e. The van der Waals surface area contributed by atoms with Crippen molar-refractivity contribution in [1.82, 2.24) is 5.32 Å². The number of hydrogen-bond donors (Lipinski definition) is 3. The standard InChI is InChI=1S/C8H14BNO5S/c1-6-5-7(9(11)12)15-8(6)10-3-4-16(2,13)14/h5,8,10-12H,1,3-4H2,2H3. The van der Waals surface area contributed by atoms with Gasteiger partial charge >= 0.3 is 7.12 Å². The van der Waals surface area contributed by atoms with Gasteiger partial charge in [-0.05, 0) is 6.08 Å². The van der Waals surface area contributed by atoms with Crippen molar-refractivity contribution in [1.29, 1.82) is 0 Å². The van der Waals surface area contributed by atoms with Crippen LogP contribution in [0.5, 0.6) is 0 Å². The lowest BCUT2D eigenvalue weighted by Crippen LogP contribution is -2.34. The average molecular weight is 247 g/mol. The van der Waals surface area contributed by atoms with E-state index in [1.54, 1.807) is 0 Å². The molecule has 0 bridgehead atoms. The van der Waals surface area contributed by atoms with Crippen molar-refractivity contribution in [3.8, 4) is 0 Å². The summed E-state index contributed by atoms with van der Waals surface area (Å²) in [5.74, 6) is -0.0167. The Morgan fingerprint density at radius 1 is 1.62 bits per heavy atom. The molecule has 1 aliphatic rings. The number of hydrogen-bond acceptors (Lipinski definition) is 6. The van der Waals surface area contributed by atoms with Crippen LogP contribution in [-0.2, 0) is 14.6 Å². The van der Waals surface area contributed by atoms with E-state index in [9.17, 15) is 8.42 Å². The van der Waals surface area contributed by atoms with Crippen LogP contribution in [0, 0.1) is 0 Å². The topological polar surface area (TPSA) is 95.9 Å². The predicted molar refractivity (Wildman–Crippen MR) is 60.0 cm³/mol. The highest BCUT2D eigenvalue weighted by Gasteiger charge is 2.28. The van der Waals surface area contributed by atoms with Gasteiger partial charge in [-0.2, -0.15) is 0 Å². The van der Waals surface area contributed by atoms with E-state index in [1.807, 2.05) is 0 Å². The first-order valence-corrected chi connectivity index (χ1v) is 6.70. The summed E-state index contributed by atoms with van der Waals surface area (Å²) in [4.78, 5) is 0. The smallest absolute Gasteiger partial charge is 0.479 e. The van der Waals surface area contributed by atoms with Crippen LogP contribution in [-0.4, -0.2) is 50.4 Å². The van der Waals surface area contributed by atoms with Crippen LogP contribution in [0.25, 0.3) is 0 Å². The van der Waals surface area contributed by atoms with E-state index in [4.69, 9.17) is 14.8 Å². The molecule has 0 aromatic rings. The molecule has 0 aromatic heterocycles. The van der Waals surface area contributed by atoms with Crippen LogP contribution in [0.1, 0.15) is 0 Å². The average Bonchev–Trinajstić information content (AvgIpc) is 2.46. The van der Waals surface area contributed by atoms with Crippen LogP contribution in [0.3, 0.4) is 0 Å². The summed E-state index contributed by atoms with van der Waals surface area (Å²) in [6, 6.07) is 0. The maximum absolute atomic E-state index is 10.9. The van der Waals surface area contributed by atoms with Crippen LogP contribution in [0.2, 0.25) is 0 Å². The molecule has 90 valence electrons. The van der Waals surface area contributed by atoms with Crippen molar-refractivity contribution in [3.05, 3.63) is 23.9 Å². The van der Waals surface area contributed by atoms with Gasteiger partial charge in [-0.3, -0.25) is 5.32 Å². The number of sulfone groups is 1. The van der Waals surface area contributed by atoms with Crippen LogP contribution >= 0.6 is 0 Å². The van der Waals surface area contributed by atoms with Gasteiger partial charge in [0, 0.05) is 18.4 Å². The molecule has 8 heteroatoms. The van der Waals surface area contributed by atoms with Crippen molar-refractivity contribution in [2.45, 2.75) is 6.23 Å². The quantitative estimate of drug-likeness (QED) is 0.508. The third kappa shape index (κ3) is 3.97. The maximum atomic E-state index is 10.9. The molecule has 1 heterocycles. The highest BCUT2D eigenvalue weighted by Crippen LogP contribution is 2.19. The number of rotatable bonds is 5. The molecule has 1 atom stereocenters. The first kappa shape index (κ1) is 13.2. The molecule has 0 aliphatic carbocycles. The third-order valence-electron chi connectivity index (χ3n) is 1.98. The van der Waals surface area contributed by atoms with Gasteiger partial charge in [0.05, 0.1) is 5.75 Å². The highest BCUT2D eigenvalue weighted by atomic mass is 32.2. The summed E-state index contributed by atoms with van der Waals surface area (Å²) >= 11 is 0. The molecule has 6 nitrogen and oxygen atoms in total. The van der Waals surface area contributed by atoms with E-state index in [2.05, 4.69) is 11.9 Å². The minimum absolute atomic E-state index is 0.00172. The second kappa shape index (κ2) is 5.00. The van der Waals surface area contributed by atoms with E-state index in [1.165, 1.54) is 6.08 Å². The summed E-state index contributed by atoms with van der Waals surface area (Å²) in [5.41, 5.74) is 0.526. The predicted octanol–water partition coefficient (Wildman–Crippen LogP) is -1.57. The largest absolute Gasteiger partial charge is 0.525 e. The normalized spacial score (nSPS) is 20.6. The number of ether oxygens (including phenoxy) is 1. The van der Waals surface area contributed by atoms with Gasteiger partial charge in [0.2, 0.25) is 0 Å². The lowest BCUT2D eigenvalue weighted by atomic mass is 9.88. The van der Waals surface area contributed by atoms with Crippen molar-refractivity contribution in [2.24, 2.45) is 0 Å². The fraction of sp³-hybridized carbons (Fsp3) is 0.500. The van der Waals surface area contributed by atoms with Crippen molar-refractivity contribution in [3.63, 3.8) is 0 Å². The molecule has 3 N–H and O–H groups in total. The lowest BCUT2D eigenvalue weighted by molar-refractivity contribution is 0.143. The van der Waals surface area contributed by atoms with Crippen molar-refractivity contribution in [2.75, 3.05) is 18.6 Å². The van der Waals surface area contributed by atoms with Crippen LogP contribution in [0.4, 0.5) is 0 Å². The highest BCUT2D eigenvalue weighted by molar-refractivity contribution is 7.90. The fourth-order valence-corrected chi connectivity index (χ4v) is 1.68. The van der Waals surface area contributed by atoms with E-state index >= 15 is 0 Å². The molecule has 1 rings (SSSR count).